The Morgan fingerprint density at radius 3 is 2.78 bits per heavy atom. The van der Waals surface area contributed by atoms with E-state index in [0.717, 1.165) is 0 Å². The molecule has 1 unspecified atom stereocenters. The zero-order valence-corrected chi connectivity index (χ0v) is 10.3. The molecule has 98 valence electrons. The molecule has 0 aliphatic heterocycles. The SMILES string of the molecule is CC(CN)CC(=O)Nc1cccc(CC(=O)O)c1. The van der Waals surface area contributed by atoms with Crippen LogP contribution in [0.3, 0.4) is 0 Å². The molecular formula is C13H18N2O3. The van der Waals surface area contributed by atoms with E-state index < -0.39 is 5.97 Å². The van der Waals surface area contributed by atoms with Gasteiger partial charge in [-0.3, -0.25) is 9.59 Å². The number of hydrogen-bond donors (Lipinski definition) is 3. The van der Waals surface area contributed by atoms with Crippen LogP contribution in [0.25, 0.3) is 0 Å². The summed E-state index contributed by atoms with van der Waals surface area (Å²) in [5.41, 5.74) is 6.72. The molecule has 1 aromatic carbocycles. The molecule has 1 atom stereocenters. The molecule has 4 N–H and O–H groups in total. The zero-order valence-electron chi connectivity index (χ0n) is 10.3. The van der Waals surface area contributed by atoms with Crippen LogP contribution in [-0.2, 0) is 16.0 Å². The predicted octanol–water partition coefficient (Wildman–Crippen LogP) is 1.24. The highest BCUT2D eigenvalue weighted by Gasteiger charge is 2.08. The summed E-state index contributed by atoms with van der Waals surface area (Å²) in [6.07, 6.45) is 0.308. The zero-order chi connectivity index (χ0) is 13.5. The van der Waals surface area contributed by atoms with Gasteiger partial charge in [0.2, 0.25) is 5.91 Å². The highest BCUT2D eigenvalue weighted by molar-refractivity contribution is 5.91. The minimum absolute atomic E-state index is 0.0527. The summed E-state index contributed by atoms with van der Waals surface area (Å²) in [6.45, 7) is 2.37. The number of carbonyl (C=O) groups is 2. The van der Waals surface area contributed by atoms with Crippen LogP contribution in [0.15, 0.2) is 24.3 Å². The van der Waals surface area contributed by atoms with E-state index in [1.807, 2.05) is 6.92 Å². The highest BCUT2D eigenvalue weighted by Crippen LogP contribution is 2.12. The second-order valence-electron chi connectivity index (χ2n) is 4.36. The lowest BCUT2D eigenvalue weighted by molar-refractivity contribution is -0.136. The number of rotatable bonds is 6. The number of amides is 1. The molecule has 0 aromatic heterocycles. The Hall–Kier alpha value is -1.88. The normalized spacial score (nSPS) is 11.9. The first-order chi connectivity index (χ1) is 8.51. The van der Waals surface area contributed by atoms with Gasteiger partial charge in [0.1, 0.15) is 0 Å². The summed E-state index contributed by atoms with van der Waals surface area (Å²) in [4.78, 5) is 22.2. The first-order valence-electron chi connectivity index (χ1n) is 5.82. The lowest BCUT2D eigenvalue weighted by Gasteiger charge is -2.09. The maximum atomic E-state index is 11.6. The number of aliphatic carboxylic acids is 1. The number of carboxylic acid groups (broad SMARTS) is 1. The van der Waals surface area contributed by atoms with Gasteiger partial charge in [-0.05, 0) is 30.2 Å². The van der Waals surface area contributed by atoms with Crippen molar-refractivity contribution in [3.05, 3.63) is 29.8 Å². The summed E-state index contributed by atoms with van der Waals surface area (Å²) >= 11 is 0. The van der Waals surface area contributed by atoms with Gasteiger partial charge in [0.05, 0.1) is 6.42 Å². The van der Waals surface area contributed by atoms with Gasteiger partial charge < -0.3 is 16.2 Å². The van der Waals surface area contributed by atoms with Crippen molar-refractivity contribution in [1.82, 2.24) is 0 Å². The summed E-state index contributed by atoms with van der Waals surface area (Å²) in [7, 11) is 0. The van der Waals surface area contributed by atoms with Crippen LogP contribution in [0, 0.1) is 5.92 Å². The van der Waals surface area contributed by atoms with E-state index in [4.69, 9.17) is 10.8 Å². The summed E-state index contributed by atoms with van der Waals surface area (Å²) in [6, 6.07) is 6.84. The molecule has 1 rings (SSSR count). The van der Waals surface area contributed by atoms with Crippen molar-refractivity contribution in [3.8, 4) is 0 Å². The van der Waals surface area contributed by atoms with E-state index >= 15 is 0 Å². The summed E-state index contributed by atoms with van der Waals surface area (Å²) in [5, 5.41) is 11.4. The Labute approximate surface area is 106 Å². The molecule has 0 heterocycles. The number of benzene rings is 1. The smallest absolute Gasteiger partial charge is 0.307 e. The monoisotopic (exact) mass is 250 g/mol. The Bertz CT molecular complexity index is 432. The first-order valence-corrected chi connectivity index (χ1v) is 5.82. The van der Waals surface area contributed by atoms with Crippen molar-refractivity contribution >= 4 is 17.6 Å². The lowest BCUT2D eigenvalue weighted by atomic mass is 10.1. The van der Waals surface area contributed by atoms with Crippen LogP contribution < -0.4 is 11.1 Å². The molecule has 0 bridgehead atoms. The predicted molar refractivity (Wildman–Crippen MR) is 69.2 cm³/mol. The molecule has 18 heavy (non-hydrogen) atoms. The molecule has 1 amide bonds. The molecule has 0 spiro atoms. The van der Waals surface area contributed by atoms with Gasteiger partial charge in [-0.1, -0.05) is 19.1 Å². The van der Waals surface area contributed by atoms with Gasteiger partial charge in [-0.15, -0.1) is 0 Å². The molecule has 0 aliphatic rings. The van der Waals surface area contributed by atoms with Gasteiger partial charge in [-0.25, -0.2) is 0 Å². The van der Waals surface area contributed by atoms with Crippen molar-refractivity contribution < 1.29 is 14.7 Å². The molecule has 5 heteroatoms. The third kappa shape index (κ3) is 4.97. The van der Waals surface area contributed by atoms with Crippen LogP contribution in [0.2, 0.25) is 0 Å². The molecule has 5 nitrogen and oxygen atoms in total. The van der Waals surface area contributed by atoms with Gasteiger partial charge in [-0.2, -0.15) is 0 Å². The minimum Gasteiger partial charge on any atom is -0.481 e. The molecule has 0 fully saturated rings. The number of anilines is 1. The molecule has 0 saturated heterocycles. The quantitative estimate of drug-likeness (QED) is 0.708. The van der Waals surface area contributed by atoms with E-state index in [-0.39, 0.29) is 18.2 Å². The number of nitrogens with one attached hydrogen (secondary N) is 1. The van der Waals surface area contributed by atoms with Crippen LogP contribution >= 0.6 is 0 Å². The van der Waals surface area contributed by atoms with E-state index in [1.54, 1.807) is 24.3 Å². The van der Waals surface area contributed by atoms with Gasteiger partial charge in [0, 0.05) is 12.1 Å². The molecule has 0 saturated carbocycles. The first kappa shape index (κ1) is 14.2. The lowest BCUT2D eigenvalue weighted by Crippen LogP contribution is -2.20. The van der Waals surface area contributed by atoms with E-state index in [1.165, 1.54) is 0 Å². The molecule has 0 radical (unpaired) electrons. The van der Waals surface area contributed by atoms with Crippen LogP contribution in [0.1, 0.15) is 18.9 Å². The average molecular weight is 250 g/mol. The Morgan fingerprint density at radius 2 is 2.17 bits per heavy atom. The third-order valence-corrected chi connectivity index (χ3v) is 2.50. The second-order valence-corrected chi connectivity index (χ2v) is 4.36. The molecule has 1 aromatic rings. The standard InChI is InChI=1S/C13H18N2O3/c1-9(8-14)5-12(16)15-11-4-2-3-10(6-11)7-13(17)18/h2-4,6,9H,5,7-8,14H2,1H3,(H,15,16)(H,17,18). The second kappa shape index (κ2) is 6.76. The van der Waals surface area contributed by atoms with Crippen molar-refractivity contribution in [1.29, 1.82) is 0 Å². The average Bonchev–Trinajstić information content (AvgIpc) is 2.28. The fourth-order valence-corrected chi connectivity index (χ4v) is 1.55. The highest BCUT2D eigenvalue weighted by atomic mass is 16.4. The van der Waals surface area contributed by atoms with Gasteiger partial charge in [0.25, 0.3) is 0 Å². The largest absolute Gasteiger partial charge is 0.481 e. The van der Waals surface area contributed by atoms with Gasteiger partial charge in [0.15, 0.2) is 0 Å². The van der Waals surface area contributed by atoms with Crippen molar-refractivity contribution in [2.75, 3.05) is 11.9 Å². The fraction of sp³-hybridized carbons (Fsp3) is 0.385. The number of hydrogen-bond acceptors (Lipinski definition) is 3. The van der Waals surface area contributed by atoms with Gasteiger partial charge >= 0.3 is 5.97 Å². The minimum atomic E-state index is -0.893. The summed E-state index contributed by atoms with van der Waals surface area (Å²) < 4.78 is 0. The fourth-order valence-electron chi connectivity index (χ4n) is 1.55. The Kier molecular flexibility index (Phi) is 5.32. The van der Waals surface area contributed by atoms with Crippen LogP contribution in [0.4, 0.5) is 5.69 Å². The Morgan fingerprint density at radius 1 is 1.44 bits per heavy atom. The van der Waals surface area contributed by atoms with Crippen LogP contribution in [-0.4, -0.2) is 23.5 Å². The maximum Gasteiger partial charge on any atom is 0.307 e. The van der Waals surface area contributed by atoms with Crippen molar-refractivity contribution in [3.63, 3.8) is 0 Å². The number of carboxylic acids is 1. The number of carbonyl (C=O) groups excluding carboxylic acids is 1. The maximum absolute atomic E-state index is 11.6. The topological polar surface area (TPSA) is 92.4 Å². The third-order valence-electron chi connectivity index (χ3n) is 2.50. The van der Waals surface area contributed by atoms with Crippen LogP contribution in [0.5, 0.6) is 0 Å². The number of nitrogens with two attached hydrogens (primary N) is 1. The van der Waals surface area contributed by atoms with E-state index in [9.17, 15) is 9.59 Å². The Balaban J connectivity index is 2.61. The molecular weight excluding hydrogens is 232 g/mol. The molecule has 0 aliphatic carbocycles. The summed E-state index contributed by atoms with van der Waals surface area (Å²) in [5.74, 6) is -0.872. The van der Waals surface area contributed by atoms with Crippen molar-refractivity contribution in [2.45, 2.75) is 19.8 Å². The van der Waals surface area contributed by atoms with E-state index in [0.29, 0.717) is 24.2 Å². The van der Waals surface area contributed by atoms with E-state index in [2.05, 4.69) is 5.32 Å². The van der Waals surface area contributed by atoms with Crippen molar-refractivity contribution in [2.24, 2.45) is 11.7 Å².